The molecule has 63 heavy (non-hydrogen) atoms. The highest BCUT2D eigenvalue weighted by Crippen LogP contribution is 2.45. The summed E-state index contributed by atoms with van der Waals surface area (Å²) in [5.41, 5.74) is 7.76. The molecule has 0 amide bonds. The summed E-state index contributed by atoms with van der Waals surface area (Å²) >= 11 is 1.79. The number of thiophene rings is 1. The first-order chi connectivity index (χ1) is 31.2. The maximum absolute atomic E-state index is 6.92. The number of furan rings is 1. The van der Waals surface area contributed by atoms with Crippen molar-refractivity contribution in [3.63, 3.8) is 0 Å². The van der Waals surface area contributed by atoms with Crippen LogP contribution in [0.15, 0.2) is 199 Å². The van der Waals surface area contributed by atoms with Crippen LogP contribution in [0.2, 0.25) is 0 Å². The Balaban J connectivity index is 1.06. The molecule has 0 aliphatic carbocycles. The Labute approximate surface area is 363 Å². The molecule has 292 valence electrons. The molecule has 0 bridgehead atoms. The van der Waals surface area contributed by atoms with E-state index in [0.717, 1.165) is 66.1 Å². The number of hydrogen-bond donors (Lipinski definition) is 0. The lowest BCUT2D eigenvalue weighted by Gasteiger charge is -2.13. The topological polar surface area (TPSA) is 56.7 Å². The summed E-state index contributed by atoms with van der Waals surface area (Å²) in [5, 5.41) is 13.9. The molecule has 0 radical (unpaired) electrons. The van der Waals surface area contributed by atoms with Crippen LogP contribution in [0.4, 0.5) is 0 Å². The number of hydrogen-bond acceptors (Lipinski definition) is 5. The Kier molecular flexibility index (Phi) is 7.21. The highest BCUT2D eigenvalue weighted by molar-refractivity contribution is 7.25. The molecule has 5 nitrogen and oxygen atoms in total. The van der Waals surface area contributed by atoms with Gasteiger partial charge in [-0.05, 0) is 70.1 Å². The van der Waals surface area contributed by atoms with Crippen molar-refractivity contribution < 1.29 is 4.42 Å². The lowest BCUT2D eigenvalue weighted by molar-refractivity contribution is 0.672. The van der Waals surface area contributed by atoms with Crippen LogP contribution < -0.4 is 0 Å². The van der Waals surface area contributed by atoms with Gasteiger partial charge in [-0.2, -0.15) is 0 Å². The first-order valence-corrected chi connectivity index (χ1v) is 22.0. The molecule has 0 saturated carbocycles. The van der Waals surface area contributed by atoms with Crippen molar-refractivity contribution in [2.24, 2.45) is 0 Å². The van der Waals surface area contributed by atoms with E-state index in [1.54, 1.807) is 11.3 Å². The molecule has 0 aliphatic rings. The zero-order valence-electron chi connectivity index (χ0n) is 33.6. The lowest BCUT2D eigenvalue weighted by Crippen LogP contribution is -2.00. The molecule has 14 rings (SSSR count). The van der Waals surface area contributed by atoms with Crippen LogP contribution >= 0.6 is 11.3 Å². The second kappa shape index (κ2) is 13.2. The molecule has 4 aromatic heterocycles. The van der Waals surface area contributed by atoms with Gasteiger partial charge in [-0.15, -0.1) is 11.3 Å². The minimum atomic E-state index is 0.591. The van der Waals surface area contributed by atoms with Gasteiger partial charge in [-0.25, -0.2) is 15.0 Å². The highest BCUT2D eigenvalue weighted by atomic mass is 32.1. The van der Waals surface area contributed by atoms with Gasteiger partial charge in [0.2, 0.25) is 0 Å². The van der Waals surface area contributed by atoms with Gasteiger partial charge in [0, 0.05) is 69.2 Å². The maximum Gasteiger partial charge on any atom is 0.164 e. The van der Waals surface area contributed by atoms with Crippen LogP contribution in [0.25, 0.3) is 136 Å². The normalized spacial score (nSPS) is 12.1. The molecule has 6 heteroatoms. The first kappa shape index (κ1) is 34.5. The zero-order valence-corrected chi connectivity index (χ0v) is 34.4. The average molecular weight is 821 g/mol. The Morgan fingerprint density at radius 3 is 1.70 bits per heavy atom. The molecule has 4 heterocycles. The summed E-state index contributed by atoms with van der Waals surface area (Å²) in [5.74, 6) is 1.83. The van der Waals surface area contributed by atoms with E-state index in [4.69, 9.17) is 19.4 Å². The number of benzene rings is 10. The van der Waals surface area contributed by atoms with E-state index in [1.165, 1.54) is 52.5 Å². The third kappa shape index (κ3) is 5.19. The molecule has 0 unspecified atom stereocenters. The molecule has 10 aromatic carbocycles. The summed E-state index contributed by atoms with van der Waals surface area (Å²) in [4.78, 5) is 15.7. The maximum atomic E-state index is 6.92. The molecule has 0 N–H and O–H groups in total. The van der Waals surface area contributed by atoms with Crippen molar-refractivity contribution in [1.82, 2.24) is 19.5 Å². The van der Waals surface area contributed by atoms with Crippen molar-refractivity contribution in [2.45, 2.75) is 0 Å². The fourth-order valence-electron chi connectivity index (χ4n) is 9.85. The standard InChI is InChI=1S/C57H32N4OS/c1-2-13-33(14-3-1)55-58-56(38-25-26-41-40-20-10-11-24-51(40)63-52(41)31-38)60-57(59-55)43-22-12-23-50-53(43)46-32-49(39-19-8-9-21-42(39)54(46)62-50)61-47-29-36-17-6-4-15-34(36)27-44(47)45-28-35-16-5-7-18-37(35)30-48(45)61/h1-32H. The Morgan fingerprint density at radius 2 is 0.968 bits per heavy atom. The third-order valence-electron chi connectivity index (χ3n) is 12.8. The van der Waals surface area contributed by atoms with Crippen molar-refractivity contribution in [2.75, 3.05) is 0 Å². The van der Waals surface area contributed by atoms with E-state index in [2.05, 4.69) is 174 Å². The zero-order chi connectivity index (χ0) is 41.2. The van der Waals surface area contributed by atoms with Crippen LogP contribution in [-0.4, -0.2) is 19.5 Å². The van der Waals surface area contributed by atoms with Crippen molar-refractivity contribution in [3.8, 4) is 39.9 Å². The molecule has 0 saturated heterocycles. The summed E-state index contributed by atoms with van der Waals surface area (Å²) in [6, 6.07) is 69.2. The molecular weight excluding hydrogens is 789 g/mol. The average Bonchev–Trinajstić information content (AvgIpc) is 4.01. The predicted octanol–water partition coefficient (Wildman–Crippen LogP) is 15.7. The molecule has 0 atom stereocenters. The van der Waals surface area contributed by atoms with Crippen molar-refractivity contribution in [1.29, 1.82) is 0 Å². The summed E-state index contributed by atoms with van der Waals surface area (Å²) in [6.07, 6.45) is 0. The van der Waals surface area contributed by atoms with E-state index >= 15 is 0 Å². The van der Waals surface area contributed by atoms with Crippen molar-refractivity contribution >= 4 is 108 Å². The van der Waals surface area contributed by atoms with Crippen LogP contribution in [0.3, 0.4) is 0 Å². The van der Waals surface area contributed by atoms with Gasteiger partial charge in [0.1, 0.15) is 11.2 Å². The first-order valence-electron chi connectivity index (χ1n) is 21.2. The second-order valence-corrected chi connectivity index (χ2v) is 17.4. The van der Waals surface area contributed by atoms with Crippen LogP contribution in [-0.2, 0) is 0 Å². The molecule has 0 fully saturated rings. The van der Waals surface area contributed by atoms with E-state index in [9.17, 15) is 0 Å². The molecule has 0 spiro atoms. The van der Waals surface area contributed by atoms with Gasteiger partial charge in [-0.1, -0.05) is 146 Å². The SMILES string of the molecule is c1ccc(-c2nc(-c3ccc4c(c3)sc3ccccc34)nc(-c3cccc4oc5c6ccccc6c(-n6c7cc8ccccc8cc7c7cc8ccccc8cc76)cc5c34)n2)cc1. The minimum Gasteiger partial charge on any atom is -0.455 e. The van der Waals surface area contributed by atoms with Gasteiger partial charge in [-0.3, -0.25) is 0 Å². The fourth-order valence-corrected chi connectivity index (χ4v) is 11.0. The van der Waals surface area contributed by atoms with Gasteiger partial charge in [0.15, 0.2) is 17.5 Å². The van der Waals surface area contributed by atoms with Crippen LogP contribution in [0.1, 0.15) is 0 Å². The lowest BCUT2D eigenvalue weighted by atomic mass is 10.0. The smallest absolute Gasteiger partial charge is 0.164 e. The highest BCUT2D eigenvalue weighted by Gasteiger charge is 2.23. The third-order valence-corrected chi connectivity index (χ3v) is 13.9. The second-order valence-electron chi connectivity index (χ2n) is 16.3. The summed E-state index contributed by atoms with van der Waals surface area (Å²) in [7, 11) is 0. The number of fused-ring (bicyclic) bond motifs is 13. The number of rotatable bonds is 4. The summed E-state index contributed by atoms with van der Waals surface area (Å²) < 4.78 is 11.8. The predicted molar refractivity (Wildman–Crippen MR) is 263 cm³/mol. The van der Waals surface area contributed by atoms with Gasteiger partial charge in [0.05, 0.1) is 16.7 Å². The Hall–Kier alpha value is -8.19. The molecule has 14 aromatic rings. The van der Waals surface area contributed by atoms with Crippen LogP contribution in [0, 0.1) is 0 Å². The van der Waals surface area contributed by atoms with E-state index in [0.29, 0.717) is 17.5 Å². The monoisotopic (exact) mass is 820 g/mol. The molecule has 0 aliphatic heterocycles. The Morgan fingerprint density at radius 1 is 0.381 bits per heavy atom. The van der Waals surface area contributed by atoms with Crippen LogP contribution in [0.5, 0.6) is 0 Å². The van der Waals surface area contributed by atoms with E-state index in [1.807, 2.05) is 24.3 Å². The molecular formula is C57H32N4OS. The van der Waals surface area contributed by atoms with Gasteiger partial charge < -0.3 is 8.98 Å². The number of aromatic nitrogens is 4. The fraction of sp³-hybridized carbons (Fsp3) is 0. The largest absolute Gasteiger partial charge is 0.455 e. The minimum absolute atomic E-state index is 0.591. The van der Waals surface area contributed by atoms with Crippen molar-refractivity contribution in [3.05, 3.63) is 194 Å². The Bertz CT molecular complexity index is 4130. The summed E-state index contributed by atoms with van der Waals surface area (Å²) in [6.45, 7) is 0. The number of nitrogens with zero attached hydrogens (tertiary/aromatic N) is 4. The van der Waals surface area contributed by atoms with E-state index < -0.39 is 0 Å². The quantitative estimate of drug-likeness (QED) is 0.177. The van der Waals surface area contributed by atoms with E-state index in [-0.39, 0.29) is 0 Å². The van der Waals surface area contributed by atoms with Gasteiger partial charge >= 0.3 is 0 Å². The van der Waals surface area contributed by atoms with Gasteiger partial charge in [0.25, 0.3) is 0 Å².